The molecule has 1 aromatic carbocycles. The first-order chi connectivity index (χ1) is 9.33. The summed E-state index contributed by atoms with van der Waals surface area (Å²) < 4.78 is 5.90. The quantitative estimate of drug-likeness (QED) is 0.789. The summed E-state index contributed by atoms with van der Waals surface area (Å²) in [4.78, 5) is 0. The van der Waals surface area contributed by atoms with E-state index >= 15 is 0 Å². The molecule has 0 bridgehead atoms. The van der Waals surface area contributed by atoms with Gasteiger partial charge in [0.1, 0.15) is 5.75 Å². The summed E-state index contributed by atoms with van der Waals surface area (Å²) in [6, 6.07) is 9.09. The first-order valence-electron chi connectivity index (χ1n) is 7.79. The SMILES string of the molecule is CCNC(CC)c1ccc(OCC2CCCC2)cc1. The van der Waals surface area contributed by atoms with E-state index in [-0.39, 0.29) is 0 Å². The Bertz CT molecular complexity index is 354. The molecule has 2 nitrogen and oxygen atoms in total. The average Bonchev–Trinajstić information content (AvgIpc) is 2.96. The molecule has 0 aliphatic heterocycles. The van der Waals surface area contributed by atoms with Crippen LogP contribution in [0.4, 0.5) is 0 Å². The maximum Gasteiger partial charge on any atom is 0.119 e. The van der Waals surface area contributed by atoms with Gasteiger partial charge in [-0.25, -0.2) is 0 Å². The number of nitrogens with one attached hydrogen (secondary N) is 1. The molecule has 1 aliphatic rings. The van der Waals surface area contributed by atoms with Crippen molar-refractivity contribution in [2.75, 3.05) is 13.2 Å². The zero-order valence-corrected chi connectivity index (χ0v) is 12.3. The number of rotatable bonds is 7. The van der Waals surface area contributed by atoms with Crippen molar-refractivity contribution in [3.8, 4) is 5.75 Å². The molecule has 0 saturated heterocycles. The smallest absolute Gasteiger partial charge is 0.119 e. The second kappa shape index (κ2) is 7.54. The summed E-state index contributed by atoms with van der Waals surface area (Å²) in [6.45, 7) is 6.28. The molecule has 1 atom stereocenters. The summed E-state index contributed by atoms with van der Waals surface area (Å²) >= 11 is 0. The highest BCUT2D eigenvalue weighted by molar-refractivity contribution is 5.29. The molecule has 2 rings (SSSR count). The predicted molar refractivity (Wildman–Crippen MR) is 80.6 cm³/mol. The van der Waals surface area contributed by atoms with Gasteiger partial charge in [-0.1, -0.05) is 38.8 Å². The molecule has 1 saturated carbocycles. The van der Waals surface area contributed by atoms with Gasteiger partial charge in [0.05, 0.1) is 6.61 Å². The van der Waals surface area contributed by atoms with Gasteiger partial charge in [-0.2, -0.15) is 0 Å². The Balaban J connectivity index is 1.86. The molecule has 0 amide bonds. The number of hydrogen-bond acceptors (Lipinski definition) is 2. The molecule has 0 spiro atoms. The van der Waals surface area contributed by atoms with Crippen LogP contribution < -0.4 is 10.1 Å². The molecule has 1 N–H and O–H groups in total. The minimum Gasteiger partial charge on any atom is -0.493 e. The zero-order valence-electron chi connectivity index (χ0n) is 12.3. The second-order valence-electron chi connectivity index (χ2n) is 5.55. The van der Waals surface area contributed by atoms with Crippen LogP contribution in [0.25, 0.3) is 0 Å². The van der Waals surface area contributed by atoms with Gasteiger partial charge in [0, 0.05) is 6.04 Å². The molecule has 19 heavy (non-hydrogen) atoms. The minimum absolute atomic E-state index is 0.467. The van der Waals surface area contributed by atoms with Gasteiger partial charge in [-0.3, -0.25) is 0 Å². The van der Waals surface area contributed by atoms with Crippen LogP contribution in [0.15, 0.2) is 24.3 Å². The lowest BCUT2D eigenvalue weighted by molar-refractivity contribution is 0.252. The van der Waals surface area contributed by atoms with Crippen LogP contribution in [0.2, 0.25) is 0 Å². The Labute approximate surface area is 117 Å². The molecule has 1 fully saturated rings. The maximum atomic E-state index is 5.90. The van der Waals surface area contributed by atoms with Crippen molar-refractivity contribution in [1.82, 2.24) is 5.32 Å². The Morgan fingerprint density at radius 1 is 1.16 bits per heavy atom. The Morgan fingerprint density at radius 2 is 1.84 bits per heavy atom. The predicted octanol–water partition coefficient (Wildman–Crippen LogP) is 4.32. The monoisotopic (exact) mass is 261 g/mol. The van der Waals surface area contributed by atoms with Gasteiger partial charge in [0.2, 0.25) is 0 Å². The zero-order chi connectivity index (χ0) is 13.5. The summed E-state index contributed by atoms with van der Waals surface area (Å²) in [5, 5.41) is 3.50. The van der Waals surface area contributed by atoms with Crippen LogP contribution in [0, 0.1) is 5.92 Å². The van der Waals surface area contributed by atoms with E-state index in [0.29, 0.717) is 6.04 Å². The van der Waals surface area contributed by atoms with Gasteiger partial charge in [-0.05, 0) is 49.4 Å². The van der Waals surface area contributed by atoms with E-state index in [1.165, 1.54) is 31.2 Å². The van der Waals surface area contributed by atoms with Gasteiger partial charge < -0.3 is 10.1 Å². The highest BCUT2D eigenvalue weighted by Crippen LogP contribution is 2.26. The molecular formula is C17H27NO. The van der Waals surface area contributed by atoms with E-state index < -0.39 is 0 Å². The van der Waals surface area contributed by atoms with Gasteiger partial charge in [0.25, 0.3) is 0 Å². The molecule has 106 valence electrons. The van der Waals surface area contributed by atoms with Crippen LogP contribution in [0.1, 0.15) is 57.6 Å². The first-order valence-corrected chi connectivity index (χ1v) is 7.79. The first kappa shape index (κ1) is 14.4. The molecule has 0 aromatic heterocycles. The van der Waals surface area contributed by atoms with Gasteiger partial charge in [0.15, 0.2) is 0 Å². The maximum absolute atomic E-state index is 5.90. The van der Waals surface area contributed by atoms with Gasteiger partial charge >= 0.3 is 0 Å². The molecule has 0 heterocycles. The Hall–Kier alpha value is -1.02. The third kappa shape index (κ3) is 4.24. The Morgan fingerprint density at radius 3 is 2.42 bits per heavy atom. The van der Waals surface area contributed by atoms with E-state index in [9.17, 15) is 0 Å². The van der Waals surface area contributed by atoms with E-state index in [1.807, 2.05) is 0 Å². The molecule has 1 aromatic rings. The lowest BCUT2D eigenvalue weighted by Gasteiger charge is -2.17. The number of hydrogen-bond donors (Lipinski definition) is 1. The van der Waals surface area contributed by atoms with E-state index in [1.54, 1.807) is 0 Å². The van der Waals surface area contributed by atoms with E-state index in [0.717, 1.165) is 31.2 Å². The molecule has 1 unspecified atom stereocenters. The van der Waals surface area contributed by atoms with Crippen molar-refractivity contribution in [2.24, 2.45) is 5.92 Å². The van der Waals surface area contributed by atoms with Crippen LogP contribution in [0.3, 0.4) is 0 Å². The number of benzene rings is 1. The second-order valence-corrected chi connectivity index (χ2v) is 5.55. The van der Waals surface area contributed by atoms with Crippen LogP contribution in [0.5, 0.6) is 5.75 Å². The number of ether oxygens (including phenoxy) is 1. The lowest BCUT2D eigenvalue weighted by Crippen LogP contribution is -2.19. The normalized spacial score (nSPS) is 17.6. The van der Waals surface area contributed by atoms with Crippen LogP contribution >= 0.6 is 0 Å². The van der Waals surface area contributed by atoms with Crippen molar-refractivity contribution in [2.45, 2.75) is 52.0 Å². The summed E-state index contributed by atoms with van der Waals surface area (Å²) in [7, 11) is 0. The fraction of sp³-hybridized carbons (Fsp3) is 0.647. The Kier molecular flexibility index (Phi) is 5.71. The summed E-state index contributed by atoms with van der Waals surface area (Å²) in [5.41, 5.74) is 1.36. The van der Waals surface area contributed by atoms with Crippen LogP contribution in [-0.4, -0.2) is 13.2 Å². The minimum atomic E-state index is 0.467. The molecule has 2 heteroatoms. The summed E-state index contributed by atoms with van der Waals surface area (Å²) in [5.74, 6) is 1.80. The van der Waals surface area contributed by atoms with Crippen molar-refractivity contribution < 1.29 is 4.74 Å². The highest BCUT2D eigenvalue weighted by atomic mass is 16.5. The average molecular weight is 261 g/mol. The standard InChI is InChI=1S/C17H27NO/c1-3-17(18-4-2)15-9-11-16(12-10-15)19-13-14-7-5-6-8-14/h9-12,14,17-18H,3-8,13H2,1-2H3. The van der Waals surface area contributed by atoms with E-state index in [4.69, 9.17) is 4.74 Å². The summed E-state index contributed by atoms with van der Waals surface area (Å²) in [6.07, 6.45) is 6.57. The van der Waals surface area contributed by atoms with Crippen LogP contribution in [-0.2, 0) is 0 Å². The van der Waals surface area contributed by atoms with Gasteiger partial charge in [-0.15, -0.1) is 0 Å². The van der Waals surface area contributed by atoms with E-state index in [2.05, 4.69) is 43.4 Å². The van der Waals surface area contributed by atoms with Crippen molar-refractivity contribution >= 4 is 0 Å². The lowest BCUT2D eigenvalue weighted by atomic mass is 10.0. The fourth-order valence-corrected chi connectivity index (χ4v) is 2.93. The highest BCUT2D eigenvalue weighted by Gasteiger charge is 2.15. The van der Waals surface area contributed by atoms with Crippen molar-refractivity contribution in [3.05, 3.63) is 29.8 Å². The molecule has 1 aliphatic carbocycles. The largest absolute Gasteiger partial charge is 0.493 e. The van der Waals surface area contributed by atoms with Crippen molar-refractivity contribution in [3.63, 3.8) is 0 Å². The topological polar surface area (TPSA) is 21.3 Å². The third-order valence-electron chi connectivity index (χ3n) is 4.10. The fourth-order valence-electron chi connectivity index (χ4n) is 2.93. The molecular weight excluding hydrogens is 234 g/mol. The van der Waals surface area contributed by atoms with Crippen molar-refractivity contribution in [1.29, 1.82) is 0 Å². The molecule has 0 radical (unpaired) electrons. The third-order valence-corrected chi connectivity index (χ3v) is 4.10.